The molecule has 0 aliphatic carbocycles. The minimum absolute atomic E-state index is 0.851. The van der Waals surface area contributed by atoms with Gasteiger partial charge in [-0.2, -0.15) is 0 Å². The van der Waals surface area contributed by atoms with E-state index in [0.717, 1.165) is 50.1 Å². The number of para-hydroxylation sites is 1. The molecule has 12 aromatic rings. The van der Waals surface area contributed by atoms with Crippen molar-refractivity contribution in [2.24, 2.45) is 0 Å². The van der Waals surface area contributed by atoms with Crippen LogP contribution in [0.15, 0.2) is 229 Å². The average molecular weight is 796 g/mol. The first-order valence-electron chi connectivity index (χ1n) is 20.7. The van der Waals surface area contributed by atoms with Crippen LogP contribution in [-0.2, 0) is 0 Å². The van der Waals surface area contributed by atoms with Gasteiger partial charge in [-0.1, -0.05) is 170 Å². The summed E-state index contributed by atoms with van der Waals surface area (Å²) in [7, 11) is 0. The Morgan fingerprint density at radius 1 is 0.328 bits per heavy atom. The third-order valence-corrected chi connectivity index (χ3v) is 13.2. The summed E-state index contributed by atoms with van der Waals surface area (Å²) in [5.74, 6) is 0. The van der Waals surface area contributed by atoms with Crippen molar-refractivity contribution in [1.82, 2.24) is 0 Å². The number of furan rings is 1. The number of fused-ring (bicyclic) bond motifs is 7. The van der Waals surface area contributed by atoms with E-state index in [9.17, 15) is 0 Å². The van der Waals surface area contributed by atoms with Crippen molar-refractivity contribution in [2.45, 2.75) is 0 Å². The summed E-state index contributed by atoms with van der Waals surface area (Å²) in [6, 6.07) is 81.2. The Hall–Kier alpha value is -7.72. The van der Waals surface area contributed by atoms with E-state index in [1.165, 1.54) is 64.3 Å². The van der Waals surface area contributed by atoms with Gasteiger partial charge in [0.05, 0.1) is 5.69 Å². The zero-order chi connectivity index (χ0) is 40.3. The zero-order valence-electron chi connectivity index (χ0n) is 33.1. The molecule has 0 aliphatic rings. The molecule has 0 saturated heterocycles. The Morgan fingerprint density at radius 3 is 1.62 bits per heavy atom. The molecule has 0 fully saturated rings. The fourth-order valence-electron chi connectivity index (χ4n) is 8.99. The van der Waals surface area contributed by atoms with Crippen molar-refractivity contribution >= 4 is 81.3 Å². The van der Waals surface area contributed by atoms with Crippen molar-refractivity contribution in [1.29, 1.82) is 0 Å². The van der Waals surface area contributed by atoms with Gasteiger partial charge in [0.2, 0.25) is 0 Å². The number of rotatable bonds is 7. The standard InChI is InChI=1S/C58H37NOS/c1-2-10-38(11-3-1)40-18-21-43(22-19-40)49-34-35-53-50-14-6-8-16-54(50)60-58(53)57(49)59(47-29-24-41(25-30-47)45-23-20-39-12-4-5-13-44(39)36-45)48-31-26-42(27-32-48)46-28-33-52-51-15-7-9-17-55(51)61-56(52)37-46/h1-37H. The van der Waals surface area contributed by atoms with Gasteiger partial charge in [-0.3, -0.25) is 0 Å². The maximum Gasteiger partial charge on any atom is 0.160 e. The van der Waals surface area contributed by atoms with Crippen LogP contribution in [0.2, 0.25) is 0 Å². The number of hydrogen-bond acceptors (Lipinski definition) is 3. The first-order valence-corrected chi connectivity index (χ1v) is 21.5. The molecule has 0 N–H and O–H groups in total. The molecule has 0 bridgehead atoms. The van der Waals surface area contributed by atoms with Crippen LogP contribution in [0.25, 0.3) is 97.4 Å². The molecule has 2 heterocycles. The number of nitrogens with zero attached hydrogens (tertiary/aromatic N) is 1. The summed E-state index contributed by atoms with van der Waals surface area (Å²) in [4.78, 5) is 2.38. The molecule has 61 heavy (non-hydrogen) atoms. The highest BCUT2D eigenvalue weighted by molar-refractivity contribution is 7.25. The third-order valence-electron chi connectivity index (χ3n) is 12.1. The zero-order valence-corrected chi connectivity index (χ0v) is 33.9. The summed E-state index contributed by atoms with van der Waals surface area (Å²) >= 11 is 1.86. The van der Waals surface area contributed by atoms with Gasteiger partial charge in [-0.15, -0.1) is 11.3 Å². The minimum atomic E-state index is 0.851. The Kier molecular flexibility index (Phi) is 8.39. The highest BCUT2D eigenvalue weighted by atomic mass is 32.1. The second-order valence-electron chi connectivity index (χ2n) is 15.7. The second-order valence-corrected chi connectivity index (χ2v) is 16.8. The maximum absolute atomic E-state index is 6.92. The van der Waals surface area contributed by atoms with E-state index in [4.69, 9.17) is 4.42 Å². The van der Waals surface area contributed by atoms with Crippen molar-refractivity contribution in [3.8, 4) is 44.5 Å². The van der Waals surface area contributed by atoms with Gasteiger partial charge in [0.15, 0.2) is 5.58 Å². The van der Waals surface area contributed by atoms with Gasteiger partial charge in [-0.25, -0.2) is 0 Å². The third kappa shape index (κ3) is 6.18. The molecule has 0 aliphatic heterocycles. The summed E-state index contributed by atoms with van der Waals surface area (Å²) in [5.41, 5.74) is 14.1. The lowest BCUT2D eigenvalue weighted by atomic mass is 9.96. The Bertz CT molecular complexity index is 3560. The van der Waals surface area contributed by atoms with E-state index < -0.39 is 0 Å². The molecule has 0 unspecified atom stereocenters. The van der Waals surface area contributed by atoms with Crippen molar-refractivity contribution in [2.75, 3.05) is 4.90 Å². The lowest BCUT2D eigenvalue weighted by molar-refractivity contribution is 0.669. The van der Waals surface area contributed by atoms with Crippen LogP contribution < -0.4 is 4.90 Å². The molecule has 0 spiro atoms. The second kappa shape index (κ2) is 14.5. The van der Waals surface area contributed by atoms with Crippen LogP contribution >= 0.6 is 11.3 Å². The van der Waals surface area contributed by atoms with Gasteiger partial charge >= 0.3 is 0 Å². The molecule has 0 saturated carbocycles. The monoisotopic (exact) mass is 795 g/mol. The molecule has 0 atom stereocenters. The predicted molar refractivity (Wildman–Crippen MR) is 261 cm³/mol. The molecule has 3 heteroatoms. The van der Waals surface area contributed by atoms with E-state index in [0.29, 0.717) is 0 Å². The largest absolute Gasteiger partial charge is 0.454 e. The number of thiophene rings is 1. The highest BCUT2D eigenvalue weighted by Crippen LogP contribution is 2.48. The molecule has 2 aromatic heterocycles. The predicted octanol–water partition coefficient (Wildman–Crippen LogP) is 17.2. The van der Waals surface area contributed by atoms with E-state index in [1.54, 1.807) is 0 Å². The van der Waals surface area contributed by atoms with Crippen molar-refractivity contribution < 1.29 is 4.42 Å². The van der Waals surface area contributed by atoms with Gasteiger partial charge < -0.3 is 9.32 Å². The first kappa shape index (κ1) is 35.2. The van der Waals surface area contributed by atoms with Crippen LogP contribution in [0.1, 0.15) is 0 Å². The van der Waals surface area contributed by atoms with E-state index in [1.807, 2.05) is 17.4 Å². The molecule has 2 nitrogen and oxygen atoms in total. The van der Waals surface area contributed by atoms with Crippen LogP contribution in [0.4, 0.5) is 17.1 Å². The smallest absolute Gasteiger partial charge is 0.160 e. The molecular weight excluding hydrogens is 759 g/mol. The summed E-state index contributed by atoms with van der Waals surface area (Å²) in [5, 5.41) is 7.28. The van der Waals surface area contributed by atoms with Crippen molar-refractivity contribution in [3.63, 3.8) is 0 Å². The van der Waals surface area contributed by atoms with Crippen LogP contribution in [0.5, 0.6) is 0 Å². The molecule has 0 amide bonds. The van der Waals surface area contributed by atoms with Gasteiger partial charge in [0.25, 0.3) is 0 Å². The van der Waals surface area contributed by atoms with E-state index >= 15 is 0 Å². The summed E-state index contributed by atoms with van der Waals surface area (Å²) in [6.45, 7) is 0. The number of anilines is 3. The van der Waals surface area contributed by atoms with Crippen LogP contribution in [-0.4, -0.2) is 0 Å². The quantitative estimate of drug-likeness (QED) is 0.160. The summed E-state index contributed by atoms with van der Waals surface area (Å²) in [6.07, 6.45) is 0. The Labute approximate surface area is 357 Å². The first-order chi connectivity index (χ1) is 30.2. The Morgan fingerprint density at radius 2 is 0.852 bits per heavy atom. The van der Waals surface area contributed by atoms with Gasteiger partial charge in [0, 0.05) is 47.9 Å². The lowest BCUT2D eigenvalue weighted by Crippen LogP contribution is -2.11. The maximum atomic E-state index is 6.92. The topological polar surface area (TPSA) is 16.4 Å². The van der Waals surface area contributed by atoms with Gasteiger partial charge in [-0.05, 0) is 104 Å². The SMILES string of the molecule is c1ccc(-c2ccc(-c3ccc4c(oc5ccccc54)c3N(c3ccc(-c4ccc5ccccc5c4)cc3)c3ccc(-c4ccc5c(c4)sc4ccccc45)cc3)cc2)cc1. The van der Waals surface area contributed by atoms with E-state index in [2.05, 4.69) is 223 Å². The van der Waals surface area contributed by atoms with Crippen LogP contribution in [0, 0.1) is 0 Å². The molecule has 10 aromatic carbocycles. The highest BCUT2D eigenvalue weighted by Gasteiger charge is 2.24. The minimum Gasteiger partial charge on any atom is -0.454 e. The molecule has 0 radical (unpaired) electrons. The van der Waals surface area contributed by atoms with Crippen molar-refractivity contribution in [3.05, 3.63) is 224 Å². The lowest BCUT2D eigenvalue weighted by Gasteiger charge is -2.28. The van der Waals surface area contributed by atoms with Gasteiger partial charge in [0.1, 0.15) is 5.58 Å². The number of hydrogen-bond donors (Lipinski definition) is 0. The molecule has 12 rings (SSSR count). The molecular formula is C58H37NOS. The normalized spacial score (nSPS) is 11.6. The fourth-order valence-corrected chi connectivity index (χ4v) is 10.1. The number of benzene rings is 10. The Balaban J connectivity index is 1.04. The molecule has 286 valence electrons. The van der Waals surface area contributed by atoms with E-state index in [-0.39, 0.29) is 0 Å². The fraction of sp³-hybridized carbons (Fsp3) is 0. The van der Waals surface area contributed by atoms with Crippen LogP contribution in [0.3, 0.4) is 0 Å². The summed E-state index contributed by atoms with van der Waals surface area (Å²) < 4.78 is 9.53. The average Bonchev–Trinajstić information content (AvgIpc) is 3.91.